The number of thioether (sulfide) groups is 1. The predicted octanol–water partition coefficient (Wildman–Crippen LogP) is 2.77. The molecule has 1 heterocycles. The number of aromatic nitrogens is 2. The largest absolute Gasteiger partial charge is 0.478 e. The third kappa shape index (κ3) is 3.96. The monoisotopic (exact) mass is 276 g/mol. The highest BCUT2D eigenvalue weighted by atomic mass is 32.2. The second-order valence-electron chi connectivity index (χ2n) is 3.75. The molecule has 0 aliphatic rings. The Hall–Kier alpha value is -2.08. The van der Waals surface area contributed by atoms with E-state index in [1.54, 1.807) is 13.0 Å². The Morgan fingerprint density at radius 2 is 2.21 bits per heavy atom. The average Bonchev–Trinajstić information content (AvgIpc) is 2.80. The molecule has 0 atom stereocenters. The van der Waals surface area contributed by atoms with E-state index in [1.807, 2.05) is 24.3 Å². The molecule has 19 heavy (non-hydrogen) atoms. The SMILES string of the molecule is Cc1nnc(SCc2ccccc2/C=C/C(=O)O)o1. The molecule has 1 N–H and O–H groups in total. The number of carboxylic acid groups (broad SMARTS) is 1. The van der Waals surface area contributed by atoms with Gasteiger partial charge in [-0.3, -0.25) is 0 Å². The minimum absolute atomic E-state index is 0.509. The lowest BCUT2D eigenvalue weighted by molar-refractivity contribution is -0.131. The van der Waals surface area contributed by atoms with Crippen LogP contribution in [0.3, 0.4) is 0 Å². The molecule has 1 aromatic heterocycles. The van der Waals surface area contributed by atoms with Crippen LogP contribution < -0.4 is 0 Å². The number of aliphatic carboxylic acids is 1. The van der Waals surface area contributed by atoms with E-state index in [1.165, 1.54) is 11.8 Å². The first-order valence-electron chi connectivity index (χ1n) is 5.57. The second-order valence-corrected chi connectivity index (χ2v) is 4.67. The summed E-state index contributed by atoms with van der Waals surface area (Å²) in [5, 5.41) is 16.8. The molecule has 0 saturated heterocycles. The standard InChI is InChI=1S/C13H12N2O3S/c1-9-14-15-13(18-9)19-8-11-5-3-2-4-10(11)6-7-12(16)17/h2-7H,8H2,1H3,(H,16,17)/b7-6+. The van der Waals surface area contributed by atoms with E-state index >= 15 is 0 Å². The maximum atomic E-state index is 10.5. The Kier molecular flexibility index (Phi) is 4.35. The summed E-state index contributed by atoms with van der Waals surface area (Å²) in [7, 11) is 0. The van der Waals surface area contributed by atoms with E-state index in [2.05, 4.69) is 10.2 Å². The molecule has 0 radical (unpaired) electrons. The highest BCUT2D eigenvalue weighted by Crippen LogP contribution is 2.23. The Morgan fingerprint density at radius 1 is 1.42 bits per heavy atom. The number of benzene rings is 1. The molecule has 0 amide bonds. The molecule has 2 rings (SSSR count). The third-order valence-electron chi connectivity index (χ3n) is 2.32. The number of hydrogen-bond donors (Lipinski definition) is 1. The summed E-state index contributed by atoms with van der Waals surface area (Å²) in [6.07, 6.45) is 2.71. The van der Waals surface area contributed by atoms with Crippen molar-refractivity contribution < 1.29 is 14.3 Å². The van der Waals surface area contributed by atoms with Crippen molar-refractivity contribution in [1.29, 1.82) is 0 Å². The van der Waals surface area contributed by atoms with Crippen molar-refractivity contribution in [2.24, 2.45) is 0 Å². The average molecular weight is 276 g/mol. The fraction of sp³-hybridized carbons (Fsp3) is 0.154. The molecule has 0 spiro atoms. The van der Waals surface area contributed by atoms with Gasteiger partial charge in [0.25, 0.3) is 5.22 Å². The molecule has 6 heteroatoms. The number of rotatable bonds is 5. The molecule has 0 bridgehead atoms. The van der Waals surface area contributed by atoms with Crippen LogP contribution in [0, 0.1) is 6.92 Å². The zero-order chi connectivity index (χ0) is 13.7. The van der Waals surface area contributed by atoms with Crippen molar-refractivity contribution in [3.8, 4) is 0 Å². The summed E-state index contributed by atoms with van der Waals surface area (Å²) < 4.78 is 5.27. The summed E-state index contributed by atoms with van der Waals surface area (Å²) in [5.74, 6) is 0.207. The van der Waals surface area contributed by atoms with Crippen molar-refractivity contribution in [2.75, 3.05) is 0 Å². The van der Waals surface area contributed by atoms with Gasteiger partial charge in [-0.1, -0.05) is 36.0 Å². The number of hydrogen-bond acceptors (Lipinski definition) is 5. The molecule has 0 aliphatic carbocycles. The van der Waals surface area contributed by atoms with Crippen molar-refractivity contribution in [3.63, 3.8) is 0 Å². The van der Waals surface area contributed by atoms with E-state index in [-0.39, 0.29) is 0 Å². The first-order chi connectivity index (χ1) is 9.15. The van der Waals surface area contributed by atoms with Crippen LogP contribution in [0.1, 0.15) is 17.0 Å². The minimum Gasteiger partial charge on any atom is -0.478 e. The molecule has 0 unspecified atom stereocenters. The van der Waals surface area contributed by atoms with Crippen LogP contribution in [0.4, 0.5) is 0 Å². The van der Waals surface area contributed by atoms with Crippen LogP contribution in [0.15, 0.2) is 40.0 Å². The first-order valence-corrected chi connectivity index (χ1v) is 6.55. The van der Waals surface area contributed by atoms with E-state index in [4.69, 9.17) is 9.52 Å². The van der Waals surface area contributed by atoms with Gasteiger partial charge in [0.15, 0.2) is 0 Å². The highest BCUT2D eigenvalue weighted by Gasteiger charge is 2.05. The third-order valence-corrected chi connectivity index (χ3v) is 3.19. The molecule has 2 aromatic rings. The highest BCUT2D eigenvalue weighted by molar-refractivity contribution is 7.98. The second kappa shape index (κ2) is 6.19. The van der Waals surface area contributed by atoms with Crippen molar-refractivity contribution in [3.05, 3.63) is 47.4 Å². The fourth-order valence-corrected chi connectivity index (χ4v) is 2.29. The Labute approximate surface area is 114 Å². The summed E-state index contributed by atoms with van der Waals surface area (Å²) >= 11 is 1.42. The lowest BCUT2D eigenvalue weighted by atomic mass is 10.1. The summed E-state index contributed by atoms with van der Waals surface area (Å²) in [5.41, 5.74) is 1.88. The van der Waals surface area contributed by atoms with Gasteiger partial charge in [0, 0.05) is 18.8 Å². The maximum Gasteiger partial charge on any atom is 0.328 e. The zero-order valence-corrected chi connectivity index (χ0v) is 11.1. The molecule has 0 fully saturated rings. The van der Waals surface area contributed by atoms with Crippen molar-refractivity contribution in [2.45, 2.75) is 17.9 Å². The number of carbonyl (C=O) groups is 1. The topological polar surface area (TPSA) is 76.2 Å². The van der Waals surface area contributed by atoms with Crippen molar-refractivity contribution >= 4 is 23.8 Å². The number of carboxylic acids is 1. The lowest BCUT2D eigenvalue weighted by Gasteiger charge is -2.03. The van der Waals surface area contributed by atoms with E-state index in [9.17, 15) is 4.79 Å². The van der Waals surface area contributed by atoms with E-state index < -0.39 is 5.97 Å². The number of aryl methyl sites for hydroxylation is 1. The Morgan fingerprint density at radius 3 is 2.89 bits per heavy atom. The van der Waals surface area contributed by atoms with Gasteiger partial charge in [-0.15, -0.1) is 10.2 Å². The smallest absolute Gasteiger partial charge is 0.328 e. The van der Waals surface area contributed by atoms with Crippen LogP contribution >= 0.6 is 11.8 Å². The molecule has 0 aliphatic heterocycles. The normalized spacial score (nSPS) is 11.0. The van der Waals surface area contributed by atoms with Gasteiger partial charge in [0.05, 0.1) is 0 Å². The molecule has 1 aromatic carbocycles. The Balaban J connectivity index is 2.09. The quantitative estimate of drug-likeness (QED) is 0.668. The van der Waals surface area contributed by atoms with E-state index in [0.717, 1.165) is 17.2 Å². The Bertz CT molecular complexity index is 607. The fourth-order valence-electron chi connectivity index (χ4n) is 1.47. The summed E-state index contributed by atoms with van der Waals surface area (Å²) in [6, 6.07) is 7.59. The van der Waals surface area contributed by atoms with Gasteiger partial charge < -0.3 is 9.52 Å². The van der Waals surface area contributed by atoms with Crippen LogP contribution in [0.2, 0.25) is 0 Å². The molecule has 5 nitrogen and oxygen atoms in total. The van der Waals surface area contributed by atoms with Gasteiger partial charge in [0.2, 0.25) is 5.89 Å². The molecule has 0 saturated carbocycles. The van der Waals surface area contributed by atoms with Gasteiger partial charge in [-0.2, -0.15) is 0 Å². The van der Waals surface area contributed by atoms with Crippen LogP contribution in [0.25, 0.3) is 6.08 Å². The molecular weight excluding hydrogens is 264 g/mol. The van der Waals surface area contributed by atoms with Crippen LogP contribution in [0.5, 0.6) is 0 Å². The predicted molar refractivity (Wildman–Crippen MR) is 71.7 cm³/mol. The summed E-state index contributed by atoms with van der Waals surface area (Å²) in [6.45, 7) is 1.74. The van der Waals surface area contributed by atoms with Crippen molar-refractivity contribution in [1.82, 2.24) is 10.2 Å². The van der Waals surface area contributed by atoms with Gasteiger partial charge >= 0.3 is 5.97 Å². The zero-order valence-electron chi connectivity index (χ0n) is 10.2. The van der Waals surface area contributed by atoms with Gasteiger partial charge in [0.1, 0.15) is 0 Å². The summed E-state index contributed by atoms with van der Waals surface area (Å²) in [4.78, 5) is 10.5. The maximum absolute atomic E-state index is 10.5. The van der Waals surface area contributed by atoms with Gasteiger partial charge in [-0.05, 0) is 17.2 Å². The van der Waals surface area contributed by atoms with Crippen LogP contribution in [-0.4, -0.2) is 21.3 Å². The number of nitrogens with zero attached hydrogens (tertiary/aromatic N) is 2. The molecule has 98 valence electrons. The van der Waals surface area contributed by atoms with Crippen LogP contribution in [-0.2, 0) is 10.5 Å². The van der Waals surface area contributed by atoms with Gasteiger partial charge in [-0.25, -0.2) is 4.79 Å². The molecular formula is C13H12N2O3S. The van der Waals surface area contributed by atoms with E-state index in [0.29, 0.717) is 16.9 Å². The first kappa shape index (κ1) is 13.4. The lowest BCUT2D eigenvalue weighted by Crippen LogP contribution is -1.89. The minimum atomic E-state index is -0.963.